The number of halogens is 1. The van der Waals surface area contributed by atoms with Crippen LogP contribution in [0.2, 0.25) is 0 Å². The molecule has 0 N–H and O–H groups in total. The smallest absolute Gasteiger partial charge is 0.246 e. The molecule has 0 aliphatic carbocycles. The van der Waals surface area contributed by atoms with Gasteiger partial charge in [0, 0.05) is 18.5 Å². The first kappa shape index (κ1) is 12.6. The largest absolute Gasteiger partial charge is 0.337 e. The summed E-state index contributed by atoms with van der Waals surface area (Å²) in [5.41, 5.74) is 1.76. The van der Waals surface area contributed by atoms with Gasteiger partial charge in [-0.2, -0.15) is 0 Å². The zero-order chi connectivity index (χ0) is 13.1. The molecule has 0 amide bonds. The predicted molar refractivity (Wildman–Crippen MR) is 77.7 cm³/mol. The Morgan fingerprint density at radius 2 is 2.05 bits per heavy atom. The maximum atomic E-state index is 5.79. The van der Waals surface area contributed by atoms with E-state index in [9.17, 15) is 0 Å². The summed E-state index contributed by atoms with van der Waals surface area (Å²) in [7, 11) is 0. The number of anilines is 1. The van der Waals surface area contributed by atoms with Crippen molar-refractivity contribution < 1.29 is 0 Å². The lowest BCUT2D eigenvalue weighted by atomic mass is 10.1. The van der Waals surface area contributed by atoms with Crippen LogP contribution in [0.25, 0.3) is 11.0 Å². The highest BCUT2D eigenvalue weighted by atomic mass is 35.5. The van der Waals surface area contributed by atoms with Crippen molar-refractivity contribution in [3.63, 3.8) is 0 Å². The third kappa shape index (κ3) is 2.63. The standard InChI is InChI=1S/C14H17ClN4/c15-9-3-5-11-6-4-10-19(11)14-16-12-7-1-2-8-13(12)17-18-14/h1-2,7-8,11H,3-6,9-10H2. The number of hydrogen-bond donors (Lipinski definition) is 0. The van der Waals surface area contributed by atoms with Crippen molar-refractivity contribution in [1.29, 1.82) is 0 Å². The quantitative estimate of drug-likeness (QED) is 0.805. The number of para-hydroxylation sites is 1. The average Bonchev–Trinajstić information content (AvgIpc) is 2.93. The van der Waals surface area contributed by atoms with Crippen molar-refractivity contribution in [3.05, 3.63) is 24.3 Å². The molecule has 2 aromatic rings. The predicted octanol–water partition coefficient (Wildman–Crippen LogP) is 3.01. The number of benzene rings is 1. The SMILES string of the molecule is ClCCCC1CCCN1c1nnc2ccccc2n1. The van der Waals surface area contributed by atoms with E-state index in [4.69, 9.17) is 11.6 Å². The van der Waals surface area contributed by atoms with Gasteiger partial charge in [-0.25, -0.2) is 4.98 Å². The molecule has 5 heteroatoms. The van der Waals surface area contributed by atoms with Crippen molar-refractivity contribution in [2.24, 2.45) is 0 Å². The van der Waals surface area contributed by atoms with Crippen LogP contribution >= 0.6 is 11.6 Å². The summed E-state index contributed by atoms with van der Waals surface area (Å²) in [6.07, 6.45) is 4.56. The van der Waals surface area contributed by atoms with Crippen LogP contribution in [0, 0.1) is 0 Å². The molecule has 0 radical (unpaired) electrons. The molecule has 1 atom stereocenters. The van der Waals surface area contributed by atoms with E-state index in [1.807, 2.05) is 24.3 Å². The van der Waals surface area contributed by atoms with Crippen LogP contribution in [-0.4, -0.2) is 33.6 Å². The van der Waals surface area contributed by atoms with Gasteiger partial charge < -0.3 is 4.90 Å². The van der Waals surface area contributed by atoms with E-state index in [0.717, 1.165) is 42.2 Å². The lowest BCUT2D eigenvalue weighted by molar-refractivity contribution is 0.592. The molecule has 19 heavy (non-hydrogen) atoms. The third-order valence-electron chi connectivity index (χ3n) is 3.65. The van der Waals surface area contributed by atoms with Gasteiger partial charge in [-0.1, -0.05) is 12.1 Å². The van der Waals surface area contributed by atoms with E-state index in [1.165, 1.54) is 12.8 Å². The summed E-state index contributed by atoms with van der Waals surface area (Å²) in [5.74, 6) is 1.48. The van der Waals surface area contributed by atoms with Gasteiger partial charge in [-0.05, 0) is 37.8 Å². The van der Waals surface area contributed by atoms with Crippen LogP contribution in [0.3, 0.4) is 0 Å². The molecule has 3 rings (SSSR count). The molecule has 1 unspecified atom stereocenters. The van der Waals surface area contributed by atoms with Crippen LogP contribution in [0.5, 0.6) is 0 Å². The second kappa shape index (κ2) is 5.70. The molecule has 1 aliphatic rings. The molecule has 100 valence electrons. The monoisotopic (exact) mass is 276 g/mol. The van der Waals surface area contributed by atoms with Crippen molar-refractivity contribution >= 4 is 28.6 Å². The van der Waals surface area contributed by atoms with Gasteiger partial charge in [0.15, 0.2) is 0 Å². The van der Waals surface area contributed by atoms with Crippen molar-refractivity contribution in [2.75, 3.05) is 17.3 Å². The molecule has 1 aliphatic heterocycles. The Bertz CT molecular complexity index is 560. The summed E-state index contributed by atoms with van der Waals surface area (Å²) in [6.45, 7) is 1.02. The van der Waals surface area contributed by atoms with Crippen LogP contribution in [0.4, 0.5) is 5.95 Å². The number of aromatic nitrogens is 3. The fourth-order valence-corrected chi connectivity index (χ4v) is 2.86. The Kier molecular flexibility index (Phi) is 3.78. The van der Waals surface area contributed by atoms with Gasteiger partial charge in [0.05, 0.1) is 5.52 Å². The van der Waals surface area contributed by atoms with Crippen molar-refractivity contribution in [3.8, 4) is 0 Å². The molecule has 1 aromatic carbocycles. The summed E-state index contributed by atoms with van der Waals surface area (Å²) in [5, 5.41) is 8.54. The lowest BCUT2D eigenvalue weighted by Gasteiger charge is -2.24. The van der Waals surface area contributed by atoms with E-state index < -0.39 is 0 Å². The van der Waals surface area contributed by atoms with E-state index in [2.05, 4.69) is 20.1 Å². The fourth-order valence-electron chi connectivity index (χ4n) is 2.71. The average molecular weight is 277 g/mol. The highest BCUT2D eigenvalue weighted by molar-refractivity contribution is 6.17. The number of rotatable bonds is 4. The Balaban J connectivity index is 1.86. The number of hydrogen-bond acceptors (Lipinski definition) is 4. The second-order valence-corrected chi connectivity index (χ2v) is 5.30. The van der Waals surface area contributed by atoms with Gasteiger partial charge in [0.1, 0.15) is 5.52 Å². The molecule has 1 fully saturated rings. The number of nitrogens with zero attached hydrogens (tertiary/aromatic N) is 4. The minimum Gasteiger partial charge on any atom is -0.337 e. The van der Waals surface area contributed by atoms with Gasteiger partial charge in [-0.3, -0.25) is 0 Å². The maximum Gasteiger partial charge on any atom is 0.246 e. The molecule has 4 nitrogen and oxygen atoms in total. The van der Waals surface area contributed by atoms with Crippen LogP contribution < -0.4 is 4.90 Å². The highest BCUT2D eigenvalue weighted by Gasteiger charge is 2.26. The van der Waals surface area contributed by atoms with Gasteiger partial charge in [-0.15, -0.1) is 21.8 Å². The van der Waals surface area contributed by atoms with E-state index in [-0.39, 0.29) is 0 Å². The van der Waals surface area contributed by atoms with E-state index in [1.54, 1.807) is 0 Å². The maximum absolute atomic E-state index is 5.79. The summed E-state index contributed by atoms with van der Waals surface area (Å²) in [6, 6.07) is 8.38. The van der Waals surface area contributed by atoms with Gasteiger partial charge >= 0.3 is 0 Å². The molecular formula is C14H17ClN4. The topological polar surface area (TPSA) is 41.9 Å². The normalized spacial score (nSPS) is 19.2. The molecule has 0 spiro atoms. The van der Waals surface area contributed by atoms with Crippen LogP contribution in [0.1, 0.15) is 25.7 Å². The Morgan fingerprint density at radius 1 is 1.21 bits per heavy atom. The highest BCUT2D eigenvalue weighted by Crippen LogP contribution is 2.26. The molecule has 2 heterocycles. The van der Waals surface area contributed by atoms with Gasteiger partial charge in [0.25, 0.3) is 0 Å². The van der Waals surface area contributed by atoms with Crippen LogP contribution in [-0.2, 0) is 0 Å². The molecule has 0 bridgehead atoms. The summed E-state index contributed by atoms with van der Waals surface area (Å²) < 4.78 is 0. The van der Waals surface area contributed by atoms with Crippen molar-refractivity contribution in [1.82, 2.24) is 15.2 Å². The third-order valence-corrected chi connectivity index (χ3v) is 3.92. The number of fused-ring (bicyclic) bond motifs is 1. The first-order chi connectivity index (χ1) is 9.38. The summed E-state index contributed by atoms with van der Waals surface area (Å²) in [4.78, 5) is 6.92. The first-order valence-corrected chi connectivity index (χ1v) is 7.34. The Labute approximate surface area is 117 Å². The number of alkyl halides is 1. The zero-order valence-corrected chi connectivity index (χ0v) is 11.6. The Hall–Kier alpha value is -1.42. The van der Waals surface area contributed by atoms with E-state index >= 15 is 0 Å². The summed E-state index contributed by atoms with van der Waals surface area (Å²) >= 11 is 5.79. The minimum absolute atomic E-state index is 0.515. The molecular weight excluding hydrogens is 260 g/mol. The Morgan fingerprint density at radius 3 is 2.89 bits per heavy atom. The molecule has 1 aromatic heterocycles. The zero-order valence-electron chi connectivity index (χ0n) is 10.8. The van der Waals surface area contributed by atoms with Crippen LogP contribution in [0.15, 0.2) is 24.3 Å². The lowest BCUT2D eigenvalue weighted by Crippen LogP contribution is -2.31. The molecule has 1 saturated heterocycles. The first-order valence-electron chi connectivity index (χ1n) is 6.80. The molecule has 0 saturated carbocycles. The van der Waals surface area contributed by atoms with E-state index in [0.29, 0.717) is 6.04 Å². The second-order valence-electron chi connectivity index (χ2n) is 4.92. The minimum atomic E-state index is 0.515. The fraction of sp³-hybridized carbons (Fsp3) is 0.500. The van der Waals surface area contributed by atoms with Gasteiger partial charge in [0.2, 0.25) is 5.95 Å². The van der Waals surface area contributed by atoms with Crippen molar-refractivity contribution in [2.45, 2.75) is 31.7 Å².